The number of nitrogens with zero attached hydrogens (tertiary/aromatic N) is 2. The highest BCUT2D eigenvalue weighted by Gasteiger charge is 2.15. The van der Waals surface area contributed by atoms with Crippen LogP contribution >= 0.6 is 31.9 Å². The van der Waals surface area contributed by atoms with Gasteiger partial charge in [0, 0.05) is 21.7 Å². The summed E-state index contributed by atoms with van der Waals surface area (Å²) in [6.07, 6.45) is 2.01. The first-order valence-corrected chi connectivity index (χ1v) is 11.5. The maximum atomic E-state index is 11.7. The number of benzene rings is 2. The molecule has 0 bridgehead atoms. The summed E-state index contributed by atoms with van der Waals surface area (Å²) in [5.74, 6) is 0.555. The van der Waals surface area contributed by atoms with Crippen molar-refractivity contribution in [1.29, 1.82) is 0 Å². The normalized spacial score (nSPS) is 12.0. The van der Waals surface area contributed by atoms with Gasteiger partial charge in [0.2, 0.25) is 0 Å². The Labute approximate surface area is 164 Å². The number of rotatable bonds is 5. The van der Waals surface area contributed by atoms with Gasteiger partial charge in [-0.3, -0.25) is 0 Å². The second-order valence-corrected chi connectivity index (χ2v) is 9.89. The molecule has 0 aliphatic heterocycles. The van der Waals surface area contributed by atoms with Crippen molar-refractivity contribution >= 4 is 52.7 Å². The van der Waals surface area contributed by atoms with E-state index >= 15 is 0 Å². The van der Waals surface area contributed by atoms with Crippen LogP contribution in [0, 0.1) is 0 Å². The Morgan fingerprint density at radius 3 is 2.40 bits per heavy atom. The predicted molar refractivity (Wildman–Crippen MR) is 109 cm³/mol. The molecule has 0 aliphatic carbocycles. The molecule has 0 saturated carbocycles. The first-order chi connectivity index (χ1) is 11.8. The fourth-order valence-corrected chi connectivity index (χ4v) is 4.90. The number of hydrogen-bond acceptors (Lipinski definition) is 3. The molecule has 0 amide bonds. The lowest BCUT2D eigenvalue weighted by molar-refractivity contribution is 0.597. The molecule has 3 aromatic rings. The number of halogens is 2. The van der Waals surface area contributed by atoms with E-state index in [0.717, 1.165) is 32.0 Å². The minimum atomic E-state index is -3.12. The Kier molecular flexibility index (Phi) is 5.37. The summed E-state index contributed by atoms with van der Waals surface area (Å²) in [7, 11) is -3.12. The van der Waals surface area contributed by atoms with Gasteiger partial charge in [-0.25, -0.2) is 13.4 Å². The van der Waals surface area contributed by atoms with Gasteiger partial charge in [-0.15, -0.1) is 0 Å². The molecule has 0 spiro atoms. The van der Waals surface area contributed by atoms with Gasteiger partial charge in [0.05, 0.1) is 11.0 Å². The monoisotopic (exact) mass is 484 g/mol. The lowest BCUT2D eigenvalue weighted by Gasteiger charge is -2.09. The third kappa shape index (κ3) is 4.15. The summed E-state index contributed by atoms with van der Waals surface area (Å²) in [6.45, 7) is 2.69. The van der Waals surface area contributed by atoms with Crippen LogP contribution in [0.1, 0.15) is 23.9 Å². The number of sulfone groups is 1. The quantitative estimate of drug-likeness (QED) is 0.525. The molecular formula is C18H18Br2N2O2S. The summed E-state index contributed by atoms with van der Waals surface area (Å²) in [5.41, 5.74) is 4.14. The lowest BCUT2D eigenvalue weighted by atomic mass is 10.0. The van der Waals surface area contributed by atoms with Crippen molar-refractivity contribution in [3.8, 4) is 0 Å². The van der Waals surface area contributed by atoms with Crippen LogP contribution in [0.5, 0.6) is 0 Å². The van der Waals surface area contributed by atoms with Crippen molar-refractivity contribution in [3.05, 3.63) is 62.3 Å². The second-order valence-electron chi connectivity index (χ2n) is 6.04. The molecule has 0 fully saturated rings. The molecule has 0 saturated heterocycles. The van der Waals surface area contributed by atoms with E-state index in [-0.39, 0.29) is 5.75 Å². The lowest BCUT2D eigenvalue weighted by Crippen LogP contribution is -2.08. The predicted octanol–water partition coefficient (Wildman–Crippen LogP) is 4.72. The zero-order valence-electron chi connectivity index (χ0n) is 14.0. The molecule has 0 radical (unpaired) electrons. The molecule has 3 rings (SSSR count). The van der Waals surface area contributed by atoms with E-state index < -0.39 is 9.84 Å². The molecule has 132 valence electrons. The van der Waals surface area contributed by atoms with E-state index in [1.807, 2.05) is 41.8 Å². The van der Waals surface area contributed by atoms with Gasteiger partial charge >= 0.3 is 0 Å². The standard InChI is InChI=1S/C18H18Br2N2O2S/c1-3-22-17-10-12(9-13-14(19)5-4-6-15(13)20)7-8-16(17)21-18(22)11-25(2,23)24/h4-8,10H,3,9,11H2,1-2H3. The molecule has 7 heteroatoms. The van der Waals surface area contributed by atoms with E-state index in [1.54, 1.807) is 0 Å². The zero-order valence-corrected chi connectivity index (χ0v) is 17.9. The summed E-state index contributed by atoms with van der Waals surface area (Å²) >= 11 is 7.21. The molecule has 25 heavy (non-hydrogen) atoms. The van der Waals surface area contributed by atoms with Crippen LogP contribution in [0.15, 0.2) is 45.3 Å². The topological polar surface area (TPSA) is 52.0 Å². The van der Waals surface area contributed by atoms with Gasteiger partial charge in [-0.05, 0) is 48.7 Å². The summed E-state index contributed by atoms with van der Waals surface area (Å²) < 4.78 is 27.4. The van der Waals surface area contributed by atoms with Crippen LogP contribution in [0.3, 0.4) is 0 Å². The molecule has 2 aromatic carbocycles. The molecular weight excluding hydrogens is 468 g/mol. The van der Waals surface area contributed by atoms with Gasteiger partial charge in [0.1, 0.15) is 11.6 Å². The highest BCUT2D eigenvalue weighted by Crippen LogP contribution is 2.29. The maximum absolute atomic E-state index is 11.7. The van der Waals surface area contributed by atoms with Crippen LogP contribution in [0.25, 0.3) is 11.0 Å². The second kappa shape index (κ2) is 7.21. The van der Waals surface area contributed by atoms with Gasteiger partial charge in [0.25, 0.3) is 0 Å². The van der Waals surface area contributed by atoms with Gasteiger partial charge in [-0.1, -0.05) is 44.0 Å². The largest absolute Gasteiger partial charge is 0.327 e. The van der Waals surface area contributed by atoms with Crippen LogP contribution in [-0.4, -0.2) is 24.2 Å². The average Bonchev–Trinajstić information content (AvgIpc) is 2.85. The SMILES string of the molecule is CCn1c(CS(C)(=O)=O)nc2ccc(Cc3c(Br)cccc3Br)cc21. The molecule has 1 aromatic heterocycles. The van der Waals surface area contributed by atoms with E-state index in [9.17, 15) is 8.42 Å². The number of hydrogen-bond donors (Lipinski definition) is 0. The number of aryl methyl sites for hydroxylation is 1. The number of aromatic nitrogens is 2. The minimum Gasteiger partial charge on any atom is -0.327 e. The Hall–Kier alpha value is -1.18. The van der Waals surface area contributed by atoms with Crippen molar-refractivity contribution in [2.75, 3.05) is 6.26 Å². The van der Waals surface area contributed by atoms with E-state index in [1.165, 1.54) is 11.8 Å². The van der Waals surface area contributed by atoms with E-state index in [4.69, 9.17) is 0 Å². The van der Waals surface area contributed by atoms with Crippen LogP contribution < -0.4 is 0 Å². The smallest absolute Gasteiger partial charge is 0.154 e. The van der Waals surface area contributed by atoms with Gasteiger partial charge in [-0.2, -0.15) is 0 Å². The summed E-state index contributed by atoms with van der Waals surface area (Å²) in [6, 6.07) is 12.2. The van der Waals surface area contributed by atoms with Crippen molar-refractivity contribution < 1.29 is 8.42 Å². The van der Waals surface area contributed by atoms with Crippen molar-refractivity contribution in [1.82, 2.24) is 9.55 Å². The highest BCUT2D eigenvalue weighted by atomic mass is 79.9. The zero-order chi connectivity index (χ0) is 18.2. The Morgan fingerprint density at radius 2 is 1.80 bits per heavy atom. The van der Waals surface area contributed by atoms with Crippen LogP contribution in [-0.2, 0) is 28.6 Å². The molecule has 4 nitrogen and oxygen atoms in total. The summed E-state index contributed by atoms with van der Waals surface area (Å²) in [5, 5.41) is 0. The van der Waals surface area contributed by atoms with Crippen molar-refractivity contribution in [2.24, 2.45) is 0 Å². The highest BCUT2D eigenvalue weighted by molar-refractivity contribution is 9.11. The number of fused-ring (bicyclic) bond motifs is 1. The molecule has 1 heterocycles. The minimum absolute atomic E-state index is 0.0410. The molecule has 0 N–H and O–H groups in total. The Balaban J connectivity index is 2.05. The van der Waals surface area contributed by atoms with E-state index in [2.05, 4.69) is 42.9 Å². The first kappa shape index (κ1) is 18.6. The molecule has 0 unspecified atom stereocenters. The van der Waals surface area contributed by atoms with E-state index in [0.29, 0.717) is 12.4 Å². The Morgan fingerprint density at radius 1 is 1.12 bits per heavy atom. The van der Waals surface area contributed by atoms with Gasteiger partial charge in [0.15, 0.2) is 9.84 Å². The van der Waals surface area contributed by atoms with Gasteiger partial charge < -0.3 is 4.57 Å². The van der Waals surface area contributed by atoms with Crippen LogP contribution in [0.4, 0.5) is 0 Å². The van der Waals surface area contributed by atoms with Crippen molar-refractivity contribution in [3.63, 3.8) is 0 Å². The van der Waals surface area contributed by atoms with Crippen molar-refractivity contribution in [2.45, 2.75) is 25.6 Å². The third-order valence-electron chi connectivity index (χ3n) is 4.04. The number of imidazole rings is 1. The fourth-order valence-electron chi connectivity index (χ4n) is 2.93. The summed E-state index contributed by atoms with van der Waals surface area (Å²) in [4.78, 5) is 4.52. The van der Waals surface area contributed by atoms with Crippen LogP contribution in [0.2, 0.25) is 0 Å². The fraction of sp³-hybridized carbons (Fsp3) is 0.278. The third-order valence-corrected chi connectivity index (χ3v) is 6.31. The maximum Gasteiger partial charge on any atom is 0.154 e. The Bertz CT molecular complexity index is 1020. The first-order valence-electron chi connectivity index (χ1n) is 7.87. The molecule has 0 aliphatic rings. The molecule has 0 atom stereocenters. The average molecular weight is 486 g/mol.